The number of halogens is 2. The highest BCUT2D eigenvalue weighted by Gasteiger charge is 2.24. The summed E-state index contributed by atoms with van der Waals surface area (Å²) in [6.45, 7) is 6.86. The number of rotatable bonds is 7. The first kappa shape index (κ1) is 25.5. The molecule has 1 aromatic heterocycles. The molecular weight excluding hydrogens is 512 g/mol. The van der Waals surface area contributed by atoms with Crippen molar-refractivity contribution < 1.29 is 19.1 Å². The molecule has 8 nitrogen and oxygen atoms in total. The van der Waals surface area contributed by atoms with E-state index in [0.717, 1.165) is 19.3 Å². The molecule has 0 bridgehead atoms. The zero-order valence-electron chi connectivity index (χ0n) is 19.1. The Balaban J connectivity index is 1.71. The summed E-state index contributed by atoms with van der Waals surface area (Å²) in [5.74, 6) is -0.197. The number of amides is 2. The maximum absolute atomic E-state index is 13.5. The van der Waals surface area contributed by atoms with Gasteiger partial charge in [-0.1, -0.05) is 11.6 Å². The van der Waals surface area contributed by atoms with E-state index in [1.807, 2.05) is 20.8 Å². The molecule has 180 valence electrons. The molecule has 2 amide bonds. The van der Waals surface area contributed by atoms with Crippen molar-refractivity contribution in [3.8, 4) is 0 Å². The van der Waals surface area contributed by atoms with E-state index < -0.39 is 11.7 Å². The van der Waals surface area contributed by atoms with Crippen LogP contribution in [-0.4, -0.2) is 47.1 Å². The topological polar surface area (TPSA) is 85.7 Å². The van der Waals surface area contributed by atoms with Gasteiger partial charge >= 0.3 is 6.09 Å². The molecule has 1 unspecified atom stereocenters. The van der Waals surface area contributed by atoms with Crippen molar-refractivity contribution in [2.45, 2.75) is 58.3 Å². The third-order valence-electron chi connectivity index (χ3n) is 4.97. The van der Waals surface area contributed by atoms with Gasteiger partial charge < -0.3 is 19.7 Å². The molecule has 1 aromatic carbocycles. The number of anilines is 1. The second kappa shape index (κ2) is 11.4. The van der Waals surface area contributed by atoms with Crippen molar-refractivity contribution in [3.63, 3.8) is 0 Å². The van der Waals surface area contributed by atoms with Crippen LogP contribution in [0.1, 0.15) is 63.0 Å². The first-order valence-electron chi connectivity index (χ1n) is 11.0. The minimum absolute atomic E-state index is 0.144. The van der Waals surface area contributed by atoms with Crippen LogP contribution in [-0.2, 0) is 9.47 Å². The van der Waals surface area contributed by atoms with E-state index in [1.165, 1.54) is 0 Å². The molecule has 1 fully saturated rings. The van der Waals surface area contributed by atoms with Crippen LogP contribution in [0, 0.1) is 0 Å². The Hall–Kier alpha value is -2.10. The first-order chi connectivity index (χ1) is 15.6. The fourth-order valence-electron chi connectivity index (χ4n) is 3.47. The lowest BCUT2D eigenvalue weighted by Gasteiger charge is -2.24. The Morgan fingerprint density at radius 3 is 2.82 bits per heavy atom. The smallest absolute Gasteiger partial charge is 0.407 e. The average Bonchev–Trinajstić information content (AvgIpc) is 3.24. The predicted molar refractivity (Wildman–Crippen MR) is 131 cm³/mol. The molecule has 2 heterocycles. The standard InChI is InChI=1S/C23H30BrClN4O4/c1-23(2,3)33-22(31)26-10-6-11-28(19-9-8-17(25)13-18(19)24)21(30)16-14-27-29(15-16)20-7-4-5-12-32-20/h8-9,13-15,20H,4-7,10-12H2,1-3H3,(H,26,31). The summed E-state index contributed by atoms with van der Waals surface area (Å²) in [6, 6.07) is 5.27. The van der Waals surface area contributed by atoms with E-state index in [0.29, 0.717) is 46.9 Å². The number of aromatic nitrogens is 2. The van der Waals surface area contributed by atoms with E-state index in [9.17, 15) is 9.59 Å². The summed E-state index contributed by atoms with van der Waals surface area (Å²) < 4.78 is 13.4. The number of carbonyl (C=O) groups excluding carboxylic acids is 2. The minimum atomic E-state index is -0.567. The number of carbonyl (C=O) groups is 2. The van der Waals surface area contributed by atoms with Gasteiger partial charge in [-0.3, -0.25) is 4.79 Å². The van der Waals surface area contributed by atoms with Crippen molar-refractivity contribution in [3.05, 3.63) is 45.7 Å². The van der Waals surface area contributed by atoms with Gasteiger partial charge in [-0.25, -0.2) is 9.48 Å². The Kier molecular flexibility index (Phi) is 8.78. The van der Waals surface area contributed by atoms with Gasteiger partial charge in [0, 0.05) is 35.4 Å². The number of hydrogen-bond acceptors (Lipinski definition) is 5. The number of nitrogens with zero attached hydrogens (tertiary/aromatic N) is 3. The van der Waals surface area contributed by atoms with Crippen LogP contribution in [0.25, 0.3) is 0 Å². The van der Waals surface area contributed by atoms with Gasteiger partial charge in [-0.15, -0.1) is 0 Å². The molecule has 0 spiro atoms. The number of nitrogens with one attached hydrogen (secondary N) is 1. The Morgan fingerprint density at radius 2 is 2.15 bits per heavy atom. The van der Waals surface area contributed by atoms with Crippen LogP contribution in [0.5, 0.6) is 0 Å². The number of hydrogen-bond donors (Lipinski definition) is 1. The molecule has 0 saturated carbocycles. The van der Waals surface area contributed by atoms with Crippen LogP contribution < -0.4 is 10.2 Å². The second-order valence-corrected chi connectivity index (χ2v) is 10.2. The largest absolute Gasteiger partial charge is 0.444 e. The van der Waals surface area contributed by atoms with E-state index >= 15 is 0 Å². The van der Waals surface area contributed by atoms with Gasteiger partial charge in [0.1, 0.15) is 11.8 Å². The van der Waals surface area contributed by atoms with Gasteiger partial charge in [0.05, 0.1) is 17.4 Å². The van der Waals surface area contributed by atoms with Crippen molar-refractivity contribution in [1.82, 2.24) is 15.1 Å². The third kappa shape index (κ3) is 7.45. The minimum Gasteiger partial charge on any atom is -0.444 e. The number of benzene rings is 1. The van der Waals surface area contributed by atoms with Crippen LogP contribution in [0.15, 0.2) is 35.1 Å². The molecular formula is C23H30BrClN4O4. The van der Waals surface area contributed by atoms with E-state index in [2.05, 4.69) is 26.3 Å². The van der Waals surface area contributed by atoms with Crippen molar-refractivity contribution >= 4 is 45.2 Å². The maximum atomic E-state index is 13.5. The van der Waals surface area contributed by atoms with Crippen LogP contribution in [0.2, 0.25) is 5.02 Å². The zero-order chi connectivity index (χ0) is 24.0. The third-order valence-corrected chi connectivity index (χ3v) is 5.84. The quantitative estimate of drug-likeness (QED) is 0.464. The molecule has 1 aliphatic heterocycles. The molecule has 2 aromatic rings. The summed E-state index contributed by atoms with van der Waals surface area (Å²) in [6.07, 6.45) is 6.18. The lowest BCUT2D eigenvalue weighted by Crippen LogP contribution is -2.36. The van der Waals surface area contributed by atoms with Crippen molar-refractivity contribution in [2.24, 2.45) is 0 Å². The highest BCUT2D eigenvalue weighted by atomic mass is 79.9. The van der Waals surface area contributed by atoms with Crippen LogP contribution >= 0.6 is 27.5 Å². The fraction of sp³-hybridized carbons (Fsp3) is 0.522. The predicted octanol–water partition coefficient (Wildman–Crippen LogP) is 5.56. The lowest BCUT2D eigenvalue weighted by molar-refractivity contribution is -0.0395. The summed E-state index contributed by atoms with van der Waals surface area (Å²) >= 11 is 9.61. The molecule has 3 rings (SSSR count). The molecule has 1 atom stereocenters. The average molecular weight is 542 g/mol. The summed E-state index contributed by atoms with van der Waals surface area (Å²) in [4.78, 5) is 27.0. The van der Waals surface area contributed by atoms with E-state index in [4.69, 9.17) is 21.1 Å². The fourth-order valence-corrected chi connectivity index (χ4v) is 4.36. The van der Waals surface area contributed by atoms with Crippen molar-refractivity contribution in [2.75, 3.05) is 24.6 Å². The highest BCUT2D eigenvalue weighted by molar-refractivity contribution is 9.10. The monoisotopic (exact) mass is 540 g/mol. The Labute approximate surface area is 207 Å². The van der Waals surface area contributed by atoms with Gasteiger partial charge in [0.15, 0.2) is 0 Å². The van der Waals surface area contributed by atoms with E-state index in [1.54, 1.807) is 40.2 Å². The molecule has 0 radical (unpaired) electrons. The Morgan fingerprint density at radius 1 is 1.36 bits per heavy atom. The SMILES string of the molecule is CC(C)(C)OC(=O)NCCCN(C(=O)c1cnn(C2CCCCO2)c1)c1ccc(Cl)cc1Br. The molecule has 0 aliphatic carbocycles. The normalized spacial score (nSPS) is 16.3. The summed E-state index contributed by atoms with van der Waals surface area (Å²) in [5.41, 5.74) is 0.581. The summed E-state index contributed by atoms with van der Waals surface area (Å²) in [7, 11) is 0. The van der Waals surface area contributed by atoms with Crippen LogP contribution in [0.3, 0.4) is 0 Å². The molecule has 1 saturated heterocycles. The zero-order valence-corrected chi connectivity index (χ0v) is 21.5. The first-order valence-corrected chi connectivity index (χ1v) is 12.2. The molecule has 33 heavy (non-hydrogen) atoms. The lowest BCUT2D eigenvalue weighted by atomic mass is 10.2. The molecule has 10 heteroatoms. The number of ether oxygens (including phenoxy) is 2. The van der Waals surface area contributed by atoms with Crippen LogP contribution in [0.4, 0.5) is 10.5 Å². The van der Waals surface area contributed by atoms with Gasteiger partial charge in [-0.2, -0.15) is 5.10 Å². The van der Waals surface area contributed by atoms with Gasteiger partial charge in [0.2, 0.25) is 0 Å². The Bertz CT molecular complexity index is 970. The maximum Gasteiger partial charge on any atom is 0.407 e. The van der Waals surface area contributed by atoms with Gasteiger partial charge in [0.25, 0.3) is 5.91 Å². The van der Waals surface area contributed by atoms with Crippen molar-refractivity contribution in [1.29, 1.82) is 0 Å². The van der Waals surface area contributed by atoms with Gasteiger partial charge in [-0.05, 0) is 80.6 Å². The summed E-state index contributed by atoms with van der Waals surface area (Å²) in [5, 5.41) is 7.66. The van der Waals surface area contributed by atoms with E-state index in [-0.39, 0.29) is 12.1 Å². The molecule has 1 N–H and O–H groups in total. The number of alkyl carbamates (subject to hydrolysis) is 1. The second-order valence-electron chi connectivity index (χ2n) is 8.86. The molecule has 1 aliphatic rings. The highest BCUT2D eigenvalue weighted by Crippen LogP contribution is 2.31.